The molecule has 18 heavy (non-hydrogen) atoms. The lowest BCUT2D eigenvalue weighted by Gasteiger charge is -2.15. The predicted octanol–water partition coefficient (Wildman–Crippen LogP) is 1.05. The minimum atomic E-state index is -0.586. The largest absolute Gasteiger partial charge is 0.354 e. The van der Waals surface area contributed by atoms with E-state index in [1.807, 2.05) is 17.9 Å². The Labute approximate surface area is 108 Å². The minimum absolute atomic E-state index is 0.0943. The maximum Gasteiger partial charge on any atom is 0.237 e. The molecule has 0 aromatic carbocycles. The smallest absolute Gasteiger partial charge is 0.237 e. The molecule has 1 fully saturated rings. The third kappa shape index (κ3) is 4.36. The number of nitrogens with one attached hydrogen (secondary N) is 1. The first kappa shape index (κ1) is 14.5. The van der Waals surface area contributed by atoms with Crippen molar-refractivity contribution in [1.29, 1.82) is 5.26 Å². The van der Waals surface area contributed by atoms with E-state index in [1.165, 1.54) is 0 Å². The van der Waals surface area contributed by atoms with Gasteiger partial charge >= 0.3 is 0 Å². The number of amides is 2. The molecule has 0 bridgehead atoms. The van der Waals surface area contributed by atoms with Crippen LogP contribution in [-0.2, 0) is 9.59 Å². The summed E-state index contributed by atoms with van der Waals surface area (Å²) in [6, 6.07) is 1.99. The Bertz CT molecular complexity index is 330. The van der Waals surface area contributed by atoms with Gasteiger partial charge in [0.05, 0.1) is 6.07 Å². The van der Waals surface area contributed by atoms with Crippen molar-refractivity contribution in [2.24, 2.45) is 5.92 Å². The van der Waals surface area contributed by atoms with Crippen LogP contribution in [0.25, 0.3) is 0 Å². The fraction of sp³-hybridized carbons (Fsp3) is 0.769. The first-order chi connectivity index (χ1) is 8.69. The fourth-order valence-corrected chi connectivity index (χ4v) is 2.08. The molecule has 1 unspecified atom stereocenters. The molecule has 1 heterocycles. The van der Waals surface area contributed by atoms with Crippen molar-refractivity contribution < 1.29 is 9.59 Å². The van der Waals surface area contributed by atoms with E-state index in [1.54, 1.807) is 0 Å². The number of nitriles is 1. The van der Waals surface area contributed by atoms with E-state index in [2.05, 4.69) is 5.32 Å². The van der Waals surface area contributed by atoms with Crippen LogP contribution in [0.5, 0.6) is 0 Å². The van der Waals surface area contributed by atoms with Crippen LogP contribution in [0.4, 0.5) is 0 Å². The Balaban J connectivity index is 2.22. The summed E-state index contributed by atoms with van der Waals surface area (Å²) in [5.41, 5.74) is 0. The highest BCUT2D eigenvalue weighted by molar-refractivity contribution is 5.82. The summed E-state index contributed by atoms with van der Waals surface area (Å²) >= 11 is 0. The van der Waals surface area contributed by atoms with Crippen LogP contribution in [0.3, 0.4) is 0 Å². The van der Waals surface area contributed by atoms with E-state index in [4.69, 9.17) is 5.26 Å². The summed E-state index contributed by atoms with van der Waals surface area (Å²) in [5, 5.41) is 11.5. The van der Waals surface area contributed by atoms with E-state index >= 15 is 0 Å². The summed E-state index contributed by atoms with van der Waals surface area (Å²) in [6.45, 7) is 3.94. The van der Waals surface area contributed by atoms with Crippen molar-refractivity contribution >= 4 is 11.8 Å². The molecule has 5 nitrogen and oxygen atoms in total. The zero-order valence-corrected chi connectivity index (χ0v) is 10.9. The lowest BCUT2D eigenvalue weighted by Crippen LogP contribution is -2.35. The van der Waals surface area contributed by atoms with Gasteiger partial charge in [-0.3, -0.25) is 9.59 Å². The van der Waals surface area contributed by atoms with Crippen LogP contribution in [0.2, 0.25) is 0 Å². The van der Waals surface area contributed by atoms with Gasteiger partial charge in [-0.05, 0) is 19.3 Å². The third-order valence-corrected chi connectivity index (χ3v) is 3.15. The molecule has 2 amide bonds. The Hall–Kier alpha value is -1.57. The first-order valence-corrected chi connectivity index (χ1v) is 6.64. The number of rotatable bonds is 6. The van der Waals surface area contributed by atoms with Gasteiger partial charge in [-0.1, -0.05) is 13.3 Å². The molecule has 0 saturated carbocycles. The molecular weight excluding hydrogens is 230 g/mol. The second-order valence-electron chi connectivity index (χ2n) is 4.60. The van der Waals surface area contributed by atoms with E-state index in [0.29, 0.717) is 19.4 Å². The number of hydrogen-bond donors (Lipinski definition) is 1. The van der Waals surface area contributed by atoms with E-state index < -0.39 is 5.92 Å². The van der Waals surface area contributed by atoms with Crippen molar-refractivity contribution in [1.82, 2.24) is 10.2 Å². The molecule has 5 heteroatoms. The molecule has 0 aromatic rings. The molecule has 1 saturated heterocycles. The molecule has 0 radical (unpaired) electrons. The summed E-state index contributed by atoms with van der Waals surface area (Å²) in [4.78, 5) is 25.1. The van der Waals surface area contributed by atoms with Gasteiger partial charge in [0, 0.05) is 26.1 Å². The van der Waals surface area contributed by atoms with Crippen LogP contribution >= 0.6 is 0 Å². The van der Waals surface area contributed by atoms with Gasteiger partial charge in [0.25, 0.3) is 0 Å². The summed E-state index contributed by atoms with van der Waals surface area (Å²) in [5.74, 6) is -0.748. The second-order valence-corrected chi connectivity index (χ2v) is 4.60. The van der Waals surface area contributed by atoms with E-state index in [0.717, 1.165) is 32.4 Å². The summed E-state index contributed by atoms with van der Waals surface area (Å²) < 4.78 is 0. The Morgan fingerprint density at radius 3 is 2.61 bits per heavy atom. The van der Waals surface area contributed by atoms with E-state index in [9.17, 15) is 9.59 Å². The lowest BCUT2D eigenvalue weighted by atomic mass is 10.1. The van der Waals surface area contributed by atoms with Crippen molar-refractivity contribution in [3.63, 3.8) is 0 Å². The standard InChI is InChI=1S/C13H21N3O2/c1-2-5-11(10-14)13(18)15-7-6-12(17)16-8-3-4-9-16/h11H,2-9H2,1H3,(H,15,18). The monoisotopic (exact) mass is 251 g/mol. The van der Waals surface area contributed by atoms with Gasteiger partial charge in [0.15, 0.2) is 0 Å². The SMILES string of the molecule is CCCC(C#N)C(=O)NCCC(=O)N1CCCC1. The molecule has 1 aliphatic heterocycles. The highest BCUT2D eigenvalue weighted by Gasteiger charge is 2.19. The highest BCUT2D eigenvalue weighted by atomic mass is 16.2. The number of hydrogen-bond acceptors (Lipinski definition) is 3. The number of carbonyl (C=O) groups is 2. The normalized spacial score (nSPS) is 16.1. The van der Waals surface area contributed by atoms with Gasteiger partial charge < -0.3 is 10.2 Å². The van der Waals surface area contributed by atoms with Crippen molar-refractivity contribution in [2.75, 3.05) is 19.6 Å². The molecular formula is C13H21N3O2. The van der Waals surface area contributed by atoms with Crippen molar-refractivity contribution in [3.8, 4) is 6.07 Å². The number of carbonyl (C=O) groups excluding carboxylic acids is 2. The van der Waals surface area contributed by atoms with Crippen LogP contribution in [0, 0.1) is 17.2 Å². The quantitative estimate of drug-likeness (QED) is 0.767. The molecule has 1 atom stereocenters. The molecule has 1 rings (SSSR count). The van der Waals surface area contributed by atoms with Crippen molar-refractivity contribution in [2.45, 2.75) is 39.0 Å². The minimum Gasteiger partial charge on any atom is -0.354 e. The topological polar surface area (TPSA) is 73.2 Å². The first-order valence-electron chi connectivity index (χ1n) is 6.64. The molecule has 0 spiro atoms. The molecule has 0 aliphatic carbocycles. The van der Waals surface area contributed by atoms with Gasteiger partial charge in [0.2, 0.25) is 11.8 Å². The zero-order chi connectivity index (χ0) is 13.4. The molecule has 1 N–H and O–H groups in total. The van der Waals surface area contributed by atoms with Gasteiger partial charge in [-0.25, -0.2) is 0 Å². The van der Waals surface area contributed by atoms with Crippen LogP contribution < -0.4 is 5.32 Å². The van der Waals surface area contributed by atoms with Crippen LogP contribution in [0.15, 0.2) is 0 Å². The lowest BCUT2D eigenvalue weighted by molar-refractivity contribution is -0.130. The zero-order valence-electron chi connectivity index (χ0n) is 10.9. The van der Waals surface area contributed by atoms with Gasteiger partial charge in [-0.2, -0.15) is 5.26 Å². The van der Waals surface area contributed by atoms with Crippen LogP contribution in [0.1, 0.15) is 39.0 Å². The van der Waals surface area contributed by atoms with E-state index in [-0.39, 0.29) is 11.8 Å². The average molecular weight is 251 g/mol. The fourth-order valence-electron chi connectivity index (χ4n) is 2.08. The van der Waals surface area contributed by atoms with Crippen LogP contribution in [-0.4, -0.2) is 36.3 Å². The Morgan fingerprint density at radius 1 is 1.39 bits per heavy atom. The van der Waals surface area contributed by atoms with Gasteiger partial charge in [0.1, 0.15) is 5.92 Å². The number of likely N-dealkylation sites (tertiary alicyclic amines) is 1. The van der Waals surface area contributed by atoms with Crippen molar-refractivity contribution in [3.05, 3.63) is 0 Å². The maximum atomic E-state index is 11.7. The molecule has 100 valence electrons. The predicted molar refractivity (Wildman–Crippen MR) is 67.5 cm³/mol. The molecule has 0 aromatic heterocycles. The number of nitrogens with zero attached hydrogens (tertiary/aromatic N) is 2. The average Bonchev–Trinajstić information content (AvgIpc) is 2.89. The highest BCUT2D eigenvalue weighted by Crippen LogP contribution is 2.09. The second kappa shape index (κ2) is 7.70. The Kier molecular flexibility index (Phi) is 6.20. The maximum absolute atomic E-state index is 11.7. The van der Waals surface area contributed by atoms with Gasteiger partial charge in [-0.15, -0.1) is 0 Å². The molecule has 1 aliphatic rings. The summed E-state index contributed by atoms with van der Waals surface area (Å²) in [6.07, 6.45) is 3.85. The Morgan fingerprint density at radius 2 is 2.06 bits per heavy atom. The summed E-state index contributed by atoms with van der Waals surface area (Å²) in [7, 11) is 0. The third-order valence-electron chi connectivity index (χ3n) is 3.15.